The van der Waals surface area contributed by atoms with Gasteiger partial charge in [0.2, 0.25) is 0 Å². The average Bonchev–Trinajstić information content (AvgIpc) is 2.79. The number of anilines is 1. The minimum atomic E-state index is -1.58. The van der Waals surface area contributed by atoms with E-state index in [0.29, 0.717) is 6.54 Å². The summed E-state index contributed by atoms with van der Waals surface area (Å²) in [4.78, 5) is 23.8. The molecule has 1 aromatic carbocycles. The number of para-hydroxylation sites is 1. The van der Waals surface area contributed by atoms with Gasteiger partial charge in [-0.05, 0) is 18.1 Å². The first-order valence-electron chi connectivity index (χ1n) is 5.63. The van der Waals surface area contributed by atoms with E-state index in [2.05, 4.69) is 5.32 Å². The van der Waals surface area contributed by atoms with E-state index in [1.807, 2.05) is 24.3 Å². The summed E-state index contributed by atoms with van der Waals surface area (Å²) < 4.78 is 0. The van der Waals surface area contributed by atoms with E-state index in [4.69, 9.17) is 10.2 Å². The number of aliphatic carboxylic acids is 1. The molecule has 0 saturated heterocycles. The molecule has 1 aromatic rings. The Kier molecular flexibility index (Phi) is 3.47. The average molecular weight is 250 g/mol. The SMILES string of the molecule is O=C(O)[C@@H](O)CNC(=O)N1CCc2ccccc21. The number of carbonyl (C=O) groups is 2. The van der Waals surface area contributed by atoms with Crippen molar-refractivity contribution >= 4 is 17.7 Å². The summed E-state index contributed by atoms with van der Waals surface area (Å²) in [7, 11) is 0. The number of hydrogen-bond acceptors (Lipinski definition) is 3. The van der Waals surface area contributed by atoms with Crippen LogP contribution in [0.5, 0.6) is 0 Å². The predicted molar refractivity (Wildman–Crippen MR) is 64.5 cm³/mol. The third-order valence-electron chi connectivity index (χ3n) is 2.86. The molecule has 0 fully saturated rings. The topological polar surface area (TPSA) is 89.9 Å². The molecule has 3 N–H and O–H groups in total. The largest absolute Gasteiger partial charge is 0.479 e. The standard InChI is InChI=1S/C12H14N2O4/c15-10(11(16)17)7-13-12(18)14-6-5-8-3-1-2-4-9(8)14/h1-4,10,15H,5-7H2,(H,13,18)(H,16,17)/t10-/m0/s1. The van der Waals surface area contributed by atoms with Gasteiger partial charge in [0.1, 0.15) is 0 Å². The number of amides is 2. The van der Waals surface area contributed by atoms with Gasteiger partial charge in [0.15, 0.2) is 6.10 Å². The van der Waals surface area contributed by atoms with Crippen molar-refractivity contribution in [2.75, 3.05) is 18.0 Å². The summed E-state index contributed by atoms with van der Waals surface area (Å²) in [6, 6.07) is 7.16. The number of carbonyl (C=O) groups excluding carboxylic acids is 1. The van der Waals surface area contributed by atoms with Crippen LogP contribution < -0.4 is 10.2 Å². The van der Waals surface area contributed by atoms with Crippen molar-refractivity contribution in [1.82, 2.24) is 5.32 Å². The van der Waals surface area contributed by atoms with Gasteiger partial charge in [0, 0.05) is 12.2 Å². The van der Waals surface area contributed by atoms with Crippen molar-refractivity contribution in [1.29, 1.82) is 0 Å². The van der Waals surface area contributed by atoms with Crippen molar-refractivity contribution in [3.63, 3.8) is 0 Å². The van der Waals surface area contributed by atoms with Gasteiger partial charge >= 0.3 is 12.0 Å². The Hall–Kier alpha value is -2.08. The van der Waals surface area contributed by atoms with Crippen molar-refractivity contribution in [3.8, 4) is 0 Å². The Bertz CT molecular complexity index is 475. The van der Waals surface area contributed by atoms with E-state index < -0.39 is 12.1 Å². The third kappa shape index (κ3) is 2.43. The fourth-order valence-electron chi connectivity index (χ4n) is 1.92. The van der Waals surface area contributed by atoms with Crippen LogP contribution in [0.15, 0.2) is 24.3 Å². The second kappa shape index (κ2) is 5.05. The molecule has 0 saturated carbocycles. The molecule has 0 radical (unpaired) electrons. The van der Waals surface area contributed by atoms with Crippen molar-refractivity contribution in [2.24, 2.45) is 0 Å². The van der Waals surface area contributed by atoms with Gasteiger partial charge in [-0.25, -0.2) is 9.59 Å². The number of carboxylic acid groups (broad SMARTS) is 1. The van der Waals surface area contributed by atoms with Crippen LogP contribution in [0.3, 0.4) is 0 Å². The lowest BCUT2D eigenvalue weighted by Crippen LogP contribution is -2.44. The van der Waals surface area contributed by atoms with Gasteiger partial charge in [-0.1, -0.05) is 18.2 Å². The summed E-state index contributed by atoms with van der Waals surface area (Å²) in [5.41, 5.74) is 1.92. The molecule has 1 aliphatic heterocycles. The van der Waals surface area contributed by atoms with E-state index in [0.717, 1.165) is 17.7 Å². The number of aliphatic hydroxyl groups excluding tert-OH is 1. The molecule has 0 unspecified atom stereocenters. The zero-order chi connectivity index (χ0) is 13.1. The lowest BCUT2D eigenvalue weighted by molar-refractivity contribution is -0.146. The highest BCUT2D eigenvalue weighted by molar-refractivity contribution is 5.94. The number of nitrogens with zero attached hydrogens (tertiary/aromatic N) is 1. The van der Waals surface area contributed by atoms with Crippen LogP contribution in [0, 0.1) is 0 Å². The molecule has 2 rings (SSSR count). The first-order chi connectivity index (χ1) is 8.59. The Labute approximate surface area is 104 Å². The summed E-state index contributed by atoms with van der Waals surface area (Å²) in [6.07, 6.45) is -0.794. The highest BCUT2D eigenvalue weighted by Gasteiger charge is 2.24. The van der Waals surface area contributed by atoms with Gasteiger partial charge in [-0.15, -0.1) is 0 Å². The zero-order valence-corrected chi connectivity index (χ0v) is 9.67. The lowest BCUT2D eigenvalue weighted by Gasteiger charge is -2.18. The molecular weight excluding hydrogens is 236 g/mol. The van der Waals surface area contributed by atoms with Gasteiger partial charge in [-0.3, -0.25) is 4.90 Å². The third-order valence-corrected chi connectivity index (χ3v) is 2.86. The lowest BCUT2D eigenvalue weighted by atomic mass is 10.2. The van der Waals surface area contributed by atoms with Crippen LogP contribution in [-0.2, 0) is 11.2 Å². The highest BCUT2D eigenvalue weighted by atomic mass is 16.4. The molecule has 18 heavy (non-hydrogen) atoms. The molecule has 96 valence electrons. The highest BCUT2D eigenvalue weighted by Crippen LogP contribution is 2.27. The fraction of sp³-hybridized carbons (Fsp3) is 0.333. The first kappa shape index (κ1) is 12.4. The Balaban J connectivity index is 1.97. The molecule has 6 nitrogen and oxygen atoms in total. The molecule has 0 aliphatic carbocycles. The second-order valence-corrected chi connectivity index (χ2v) is 4.07. The quantitative estimate of drug-likeness (QED) is 0.715. The van der Waals surface area contributed by atoms with Gasteiger partial charge in [-0.2, -0.15) is 0 Å². The van der Waals surface area contributed by atoms with E-state index >= 15 is 0 Å². The summed E-state index contributed by atoms with van der Waals surface area (Å²) in [5.74, 6) is -1.35. The maximum atomic E-state index is 11.8. The minimum absolute atomic E-state index is 0.299. The first-order valence-corrected chi connectivity index (χ1v) is 5.63. The summed E-state index contributed by atoms with van der Waals surface area (Å²) in [5, 5.41) is 20.0. The fourth-order valence-corrected chi connectivity index (χ4v) is 1.92. The van der Waals surface area contributed by atoms with Gasteiger partial charge < -0.3 is 15.5 Å². The number of aliphatic hydroxyl groups is 1. The summed E-state index contributed by atoms with van der Waals surface area (Å²) in [6.45, 7) is 0.265. The van der Waals surface area contributed by atoms with Crippen molar-refractivity contribution in [3.05, 3.63) is 29.8 Å². The number of hydrogen-bond donors (Lipinski definition) is 3. The molecular formula is C12H14N2O4. The van der Waals surface area contributed by atoms with E-state index in [1.54, 1.807) is 4.90 Å². The molecule has 1 heterocycles. The zero-order valence-electron chi connectivity index (χ0n) is 9.67. The number of nitrogens with one attached hydrogen (secondary N) is 1. The van der Waals surface area contributed by atoms with Crippen LogP contribution in [-0.4, -0.2) is 41.4 Å². The van der Waals surface area contributed by atoms with E-state index in [9.17, 15) is 9.59 Å². The van der Waals surface area contributed by atoms with Gasteiger partial charge in [0.25, 0.3) is 0 Å². The molecule has 2 amide bonds. The number of benzene rings is 1. The van der Waals surface area contributed by atoms with Crippen LogP contribution in [0.1, 0.15) is 5.56 Å². The van der Waals surface area contributed by atoms with Crippen LogP contribution in [0.2, 0.25) is 0 Å². The van der Waals surface area contributed by atoms with Crippen molar-refractivity contribution < 1.29 is 19.8 Å². The maximum Gasteiger partial charge on any atom is 0.334 e. The summed E-state index contributed by atoms with van der Waals surface area (Å²) >= 11 is 0. The van der Waals surface area contributed by atoms with Gasteiger partial charge in [0.05, 0.1) is 6.54 Å². The molecule has 1 atom stereocenters. The number of urea groups is 1. The van der Waals surface area contributed by atoms with Crippen LogP contribution in [0.25, 0.3) is 0 Å². The molecule has 0 spiro atoms. The smallest absolute Gasteiger partial charge is 0.334 e. The normalized spacial score (nSPS) is 15.1. The Morgan fingerprint density at radius 3 is 2.83 bits per heavy atom. The number of carboxylic acids is 1. The molecule has 0 bridgehead atoms. The number of fused-ring (bicyclic) bond motifs is 1. The minimum Gasteiger partial charge on any atom is -0.479 e. The number of rotatable bonds is 3. The Morgan fingerprint density at radius 2 is 2.11 bits per heavy atom. The molecule has 1 aliphatic rings. The predicted octanol–water partition coefficient (Wildman–Crippen LogP) is 0.204. The van der Waals surface area contributed by atoms with Crippen molar-refractivity contribution in [2.45, 2.75) is 12.5 Å². The monoisotopic (exact) mass is 250 g/mol. The van der Waals surface area contributed by atoms with E-state index in [1.165, 1.54) is 0 Å². The van der Waals surface area contributed by atoms with Crippen LogP contribution in [0.4, 0.5) is 10.5 Å². The second-order valence-electron chi connectivity index (χ2n) is 4.07. The molecule has 0 aromatic heterocycles. The molecule has 6 heteroatoms. The van der Waals surface area contributed by atoms with Crippen LogP contribution >= 0.6 is 0 Å². The maximum absolute atomic E-state index is 11.8. The Morgan fingerprint density at radius 1 is 1.39 bits per heavy atom. The van der Waals surface area contributed by atoms with E-state index in [-0.39, 0.29) is 12.6 Å².